The number of rotatable bonds is 2. The maximum Gasteiger partial charge on any atom is 0.274 e. The van der Waals surface area contributed by atoms with E-state index >= 15 is 0 Å². The van der Waals surface area contributed by atoms with E-state index in [1.165, 1.54) is 12.3 Å². The van der Waals surface area contributed by atoms with E-state index in [2.05, 4.69) is 15.3 Å². The number of nitrogens with zero attached hydrogens (tertiary/aromatic N) is 2. The number of hydrogen-bond donors (Lipinski definition) is 1. The minimum atomic E-state index is -0.307. The number of hydrogen-bond acceptors (Lipinski definition) is 3. The van der Waals surface area contributed by atoms with Crippen LogP contribution in [-0.2, 0) is 0 Å². The van der Waals surface area contributed by atoms with Crippen LogP contribution >= 0.6 is 11.6 Å². The van der Waals surface area contributed by atoms with E-state index in [1.807, 2.05) is 13.0 Å². The van der Waals surface area contributed by atoms with Crippen molar-refractivity contribution in [3.05, 3.63) is 53.1 Å². The summed E-state index contributed by atoms with van der Waals surface area (Å²) in [6.07, 6.45) is 3.09. The lowest BCUT2D eigenvalue weighted by atomic mass is 10.3. The largest absolute Gasteiger partial charge is 0.319 e. The van der Waals surface area contributed by atoms with Crippen molar-refractivity contribution in [2.24, 2.45) is 0 Å². The molecule has 0 saturated carbocycles. The van der Waals surface area contributed by atoms with Crippen LogP contribution in [0, 0.1) is 6.92 Å². The highest BCUT2D eigenvalue weighted by Crippen LogP contribution is 2.11. The molecule has 4 nitrogen and oxygen atoms in total. The van der Waals surface area contributed by atoms with Crippen molar-refractivity contribution in [1.29, 1.82) is 0 Å². The number of aromatic nitrogens is 2. The minimum Gasteiger partial charge on any atom is -0.319 e. The van der Waals surface area contributed by atoms with Crippen molar-refractivity contribution in [3.8, 4) is 0 Å². The molecule has 1 N–H and O–H groups in total. The zero-order chi connectivity index (χ0) is 12.3. The van der Waals surface area contributed by atoms with Gasteiger partial charge in [-0.1, -0.05) is 11.6 Å². The Morgan fingerprint density at radius 1 is 1.29 bits per heavy atom. The highest BCUT2D eigenvalue weighted by molar-refractivity contribution is 6.30. The normalized spacial score (nSPS) is 10.0. The molecule has 2 heterocycles. The first kappa shape index (κ1) is 11.5. The van der Waals surface area contributed by atoms with Crippen LogP contribution in [0.1, 0.15) is 16.2 Å². The fraction of sp³-hybridized carbons (Fsp3) is 0.0833. The van der Waals surface area contributed by atoms with Crippen molar-refractivity contribution in [3.63, 3.8) is 0 Å². The van der Waals surface area contributed by atoms with Crippen LogP contribution < -0.4 is 5.32 Å². The van der Waals surface area contributed by atoms with Crippen LogP contribution in [0.4, 0.5) is 5.69 Å². The van der Waals surface area contributed by atoms with Gasteiger partial charge in [-0.2, -0.15) is 0 Å². The zero-order valence-electron chi connectivity index (χ0n) is 9.14. The molecule has 0 atom stereocenters. The van der Waals surface area contributed by atoms with E-state index in [4.69, 9.17) is 11.6 Å². The van der Waals surface area contributed by atoms with E-state index in [9.17, 15) is 4.79 Å². The van der Waals surface area contributed by atoms with Gasteiger partial charge in [0.25, 0.3) is 5.91 Å². The van der Waals surface area contributed by atoms with Gasteiger partial charge >= 0.3 is 0 Å². The van der Waals surface area contributed by atoms with Crippen molar-refractivity contribution in [2.45, 2.75) is 6.92 Å². The van der Waals surface area contributed by atoms with E-state index in [-0.39, 0.29) is 11.6 Å². The lowest BCUT2D eigenvalue weighted by molar-refractivity contribution is 0.102. The molecule has 0 aliphatic heterocycles. The topological polar surface area (TPSA) is 54.9 Å². The van der Waals surface area contributed by atoms with Crippen molar-refractivity contribution >= 4 is 23.2 Å². The van der Waals surface area contributed by atoms with Crippen molar-refractivity contribution in [1.82, 2.24) is 9.97 Å². The minimum absolute atomic E-state index is 0.276. The number of pyridine rings is 2. The molecule has 86 valence electrons. The van der Waals surface area contributed by atoms with E-state index < -0.39 is 0 Å². The number of anilines is 1. The fourth-order valence-electron chi connectivity index (χ4n) is 1.27. The van der Waals surface area contributed by atoms with Gasteiger partial charge in [-0.05, 0) is 31.2 Å². The van der Waals surface area contributed by atoms with E-state index in [1.54, 1.807) is 18.3 Å². The molecular formula is C12H10ClN3O. The standard InChI is InChI=1S/C12H10ClN3O/c1-8-2-3-10(7-15-8)16-12(17)11-6-9(13)4-5-14-11/h2-7H,1H3,(H,16,17). The first-order chi connectivity index (χ1) is 8.15. The smallest absolute Gasteiger partial charge is 0.274 e. The Morgan fingerprint density at radius 2 is 2.12 bits per heavy atom. The van der Waals surface area contributed by atoms with Crippen LogP contribution in [0.5, 0.6) is 0 Å². The van der Waals surface area contributed by atoms with Gasteiger partial charge in [-0.15, -0.1) is 0 Å². The molecule has 0 bridgehead atoms. The molecule has 0 unspecified atom stereocenters. The first-order valence-electron chi connectivity index (χ1n) is 5.01. The van der Waals surface area contributed by atoms with Gasteiger partial charge in [0, 0.05) is 16.9 Å². The average molecular weight is 248 g/mol. The second-order valence-electron chi connectivity index (χ2n) is 3.50. The predicted octanol–water partition coefficient (Wildman–Crippen LogP) is 2.69. The summed E-state index contributed by atoms with van der Waals surface area (Å²) in [6.45, 7) is 1.88. The second-order valence-corrected chi connectivity index (χ2v) is 3.94. The number of aryl methyl sites for hydroxylation is 1. The zero-order valence-corrected chi connectivity index (χ0v) is 9.90. The Bertz CT molecular complexity index is 540. The molecule has 1 amide bonds. The number of carbonyl (C=O) groups is 1. The summed E-state index contributed by atoms with van der Waals surface area (Å²) in [4.78, 5) is 19.8. The maximum absolute atomic E-state index is 11.8. The van der Waals surface area contributed by atoms with Crippen molar-refractivity contribution in [2.75, 3.05) is 5.32 Å². The lowest BCUT2D eigenvalue weighted by Gasteiger charge is -2.04. The highest BCUT2D eigenvalue weighted by Gasteiger charge is 2.07. The van der Waals surface area contributed by atoms with Gasteiger partial charge in [0.2, 0.25) is 0 Å². The predicted molar refractivity (Wildman–Crippen MR) is 66.2 cm³/mol. The molecule has 2 rings (SSSR count). The van der Waals surface area contributed by atoms with Gasteiger partial charge in [-0.25, -0.2) is 0 Å². The molecule has 0 aliphatic carbocycles. The molecule has 0 aromatic carbocycles. The summed E-state index contributed by atoms with van der Waals surface area (Å²) in [5, 5.41) is 3.17. The molecule has 17 heavy (non-hydrogen) atoms. The van der Waals surface area contributed by atoms with E-state index in [0.717, 1.165) is 5.69 Å². The number of nitrogens with one attached hydrogen (secondary N) is 1. The summed E-state index contributed by atoms with van der Waals surface area (Å²) in [5.74, 6) is -0.307. The van der Waals surface area contributed by atoms with E-state index in [0.29, 0.717) is 10.7 Å². The molecule has 2 aromatic rings. The van der Waals surface area contributed by atoms with Crippen LogP contribution in [-0.4, -0.2) is 15.9 Å². The summed E-state index contributed by atoms with van der Waals surface area (Å²) in [6, 6.07) is 6.73. The van der Waals surface area contributed by atoms with Gasteiger partial charge in [0.15, 0.2) is 0 Å². The molecule has 5 heteroatoms. The Balaban J connectivity index is 2.14. The average Bonchev–Trinajstić information content (AvgIpc) is 2.32. The van der Waals surface area contributed by atoms with Crippen LogP contribution in [0.15, 0.2) is 36.7 Å². The third-order valence-electron chi connectivity index (χ3n) is 2.12. The van der Waals surface area contributed by atoms with Crippen LogP contribution in [0.2, 0.25) is 5.02 Å². The number of carbonyl (C=O) groups excluding carboxylic acids is 1. The van der Waals surface area contributed by atoms with Gasteiger partial charge in [0.05, 0.1) is 11.9 Å². The van der Waals surface area contributed by atoms with Gasteiger partial charge in [-0.3, -0.25) is 14.8 Å². The Kier molecular flexibility index (Phi) is 3.35. The summed E-state index contributed by atoms with van der Waals surface area (Å²) < 4.78 is 0. The van der Waals surface area contributed by atoms with Gasteiger partial charge < -0.3 is 5.32 Å². The molecule has 0 saturated heterocycles. The molecule has 0 radical (unpaired) electrons. The van der Waals surface area contributed by atoms with Crippen molar-refractivity contribution < 1.29 is 4.79 Å². The third-order valence-corrected chi connectivity index (χ3v) is 2.36. The van der Waals surface area contributed by atoms with Crippen LogP contribution in [0.3, 0.4) is 0 Å². The molecule has 0 spiro atoms. The van der Waals surface area contributed by atoms with Crippen LogP contribution in [0.25, 0.3) is 0 Å². The Hall–Kier alpha value is -1.94. The van der Waals surface area contributed by atoms with Gasteiger partial charge in [0.1, 0.15) is 5.69 Å². The molecule has 2 aromatic heterocycles. The molecular weight excluding hydrogens is 238 g/mol. The quantitative estimate of drug-likeness (QED) is 0.888. The summed E-state index contributed by atoms with van der Waals surface area (Å²) in [5.41, 5.74) is 1.80. The Morgan fingerprint density at radius 3 is 2.76 bits per heavy atom. The fourth-order valence-corrected chi connectivity index (χ4v) is 1.43. The first-order valence-corrected chi connectivity index (χ1v) is 5.38. The molecule has 0 aliphatic rings. The maximum atomic E-state index is 11.8. The number of halogens is 1. The summed E-state index contributed by atoms with van der Waals surface area (Å²) in [7, 11) is 0. The second kappa shape index (κ2) is 4.93. The SMILES string of the molecule is Cc1ccc(NC(=O)c2cc(Cl)ccn2)cn1. The summed E-state index contributed by atoms with van der Waals surface area (Å²) >= 11 is 5.78. The molecule has 0 fully saturated rings. The third kappa shape index (κ3) is 3.01. The number of amides is 1. The lowest BCUT2D eigenvalue weighted by Crippen LogP contribution is -2.13. The highest BCUT2D eigenvalue weighted by atomic mass is 35.5. The monoisotopic (exact) mass is 247 g/mol. The Labute approximate surface area is 104 Å².